The SMILES string of the molecule is CC(C)CCN(CCC(C)C)Cc1cc(O)cc(F)c1. The summed E-state index contributed by atoms with van der Waals surface area (Å²) in [6.45, 7) is 11.6. The van der Waals surface area contributed by atoms with E-state index >= 15 is 0 Å². The Morgan fingerprint density at radius 2 is 1.55 bits per heavy atom. The Kier molecular flexibility index (Phi) is 7.00. The lowest BCUT2D eigenvalue weighted by molar-refractivity contribution is 0.235. The summed E-state index contributed by atoms with van der Waals surface area (Å²) >= 11 is 0. The average Bonchev–Trinajstić information content (AvgIpc) is 2.31. The molecule has 1 aromatic carbocycles. The van der Waals surface area contributed by atoms with Crippen LogP contribution in [0.5, 0.6) is 5.75 Å². The van der Waals surface area contributed by atoms with E-state index < -0.39 is 0 Å². The first-order chi connectivity index (χ1) is 9.36. The quantitative estimate of drug-likeness (QED) is 0.762. The number of rotatable bonds is 8. The van der Waals surface area contributed by atoms with Crippen LogP contribution >= 0.6 is 0 Å². The van der Waals surface area contributed by atoms with Gasteiger partial charge < -0.3 is 5.11 Å². The molecule has 0 unspecified atom stereocenters. The third-order valence-corrected chi connectivity index (χ3v) is 3.39. The molecular weight excluding hydrogens is 253 g/mol. The predicted octanol–water partition coefficient (Wildman–Crippen LogP) is 4.43. The topological polar surface area (TPSA) is 23.5 Å². The first-order valence-electron chi connectivity index (χ1n) is 7.57. The Morgan fingerprint density at radius 1 is 1.00 bits per heavy atom. The summed E-state index contributed by atoms with van der Waals surface area (Å²) in [5.74, 6) is 0.968. The molecule has 3 heteroatoms. The number of benzene rings is 1. The molecule has 0 saturated carbocycles. The summed E-state index contributed by atoms with van der Waals surface area (Å²) in [4.78, 5) is 2.36. The highest BCUT2D eigenvalue weighted by atomic mass is 19.1. The Morgan fingerprint density at radius 3 is 2.00 bits per heavy atom. The first kappa shape index (κ1) is 17.0. The fraction of sp³-hybridized carbons (Fsp3) is 0.647. The van der Waals surface area contributed by atoms with Crippen molar-refractivity contribution < 1.29 is 9.50 Å². The van der Waals surface area contributed by atoms with Gasteiger partial charge in [0, 0.05) is 12.6 Å². The molecule has 1 N–H and O–H groups in total. The minimum Gasteiger partial charge on any atom is -0.508 e. The van der Waals surface area contributed by atoms with Crippen LogP contribution in [0.25, 0.3) is 0 Å². The molecule has 0 aliphatic rings. The lowest BCUT2D eigenvalue weighted by atomic mass is 10.1. The van der Waals surface area contributed by atoms with E-state index in [1.54, 1.807) is 6.07 Å². The Balaban J connectivity index is 2.66. The molecule has 0 aliphatic carbocycles. The predicted molar refractivity (Wildman–Crippen MR) is 82.3 cm³/mol. The standard InChI is InChI=1S/C17H28FNO/c1-13(2)5-7-19(8-6-14(3)4)12-15-9-16(18)11-17(20)10-15/h9-11,13-14,20H,5-8,12H2,1-4H3. The summed E-state index contributed by atoms with van der Waals surface area (Å²) in [6, 6.07) is 4.31. The normalized spacial score (nSPS) is 11.8. The second kappa shape index (κ2) is 8.25. The van der Waals surface area contributed by atoms with E-state index in [-0.39, 0.29) is 11.6 Å². The van der Waals surface area contributed by atoms with Crippen molar-refractivity contribution in [3.8, 4) is 5.75 Å². The van der Waals surface area contributed by atoms with E-state index in [1.165, 1.54) is 6.07 Å². The molecule has 0 saturated heterocycles. The Hall–Kier alpha value is -1.09. The van der Waals surface area contributed by atoms with Crippen molar-refractivity contribution >= 4 is 0 Å². The first-order valence-corrected chi connectivity index (χ1v) is 7.57. The molecule has 0 aliphatic heterocycles. The Bertz CT molecular complexity index is 372. The molecule has 0 amide bonds. The van der Waals surface area contributed by atoms with Gasteiger partial charge in [-0.05, 0) is 55.5 Å². The van der Waals surface area contributed by atoms with Gasteiger partial charge in [-0.15, -0.1) is 0 Å². The number of hydrogen-bond donors (Lipinski definition) is 1. The van der Waals surface area contributed by atoms with Gasteiger partial charge >= 0.3 is 0 Å². The van der Waals surface area contributed by atoms with E-state index in [9.17, 15) is 9.50 Å². The zero-order valence-electron chi connectivity index (χ0n) is 13.2. The van der Waals surface area contributed by atoms with Crippen LogP contribution in [0.4, 0.5) is 4.39 Å². The summed E-state index contributed by atoms with van der Waals surface area (Å²) in [5.41, 5.74) is 0.843. The molecule has 114 valence electrons. The second-order valence-corrected chi connectivity index (χ2v) is 6.46. The highest BCUT2D eigenvalue weighted by molar-refractivity contribution is 5.28. The summed E-state index contributed by atoms with van der Waals surface area (Å²) in [7, 11) is 0. The van der Waals surface area contributed by atoms with E-state index in [1.807, 2.05) is 0 Å². The fourth-order valence-corrected chi connectivity index (χ4v) is 2.13. The monoisotopic (exact) mass is 281 g/mol. The minimum absolute atomic E-state index is 0.00710. The van der Waals surface area contributed by atoms with Crippen LogP contribution < -0.4 is 0 Å². The number of halogens is 1. The van der Waals surface area contributed by atoms with Crippen molar-refractivity contribution in [2.24, 2.45) is 11.8 Å². The van der Waals surface area contributed by atoms with Crippen molar-refractivity contribution in [1.82, 2.24) is 4.90 Å². The van der Waals surface area contributed by atoms with Crippen molar-refractivity contribution in [2.45, 2.75) is 47.1 Å². The van der Waals surface area contributed by atoms with Crippen molar-refractivity contribution in [1.29, 1.82) is 0 Å². The number of hydrogen-bond acceptors (Lipinski definition) is 2. The highest BCUT2D eigenvalue weighted by Crippen LogP contribution is 2.17. The third kappa shape index (κ3) is 6.90. The zero-order chi connectivity index (χ0) is 15.1. The molecule has 0 bridgehead atoms. The van der Waals surface area contributed by atoms with Crippen LogP contribution in [0.15, 0.2) is 18.2 Å². The molecule has 20 heavy (non-hydrogen) atoms. The van der Waals surface area contributed by atoms with Crippen molar-refractivity contribution in [3.05, 3.63) is 29.6 Å². The summed E-state index contributed by atoms with van der Waals surface area (Å²) in [6.07, 6.45) is 2.28. The second-order valence-electron chi connectivity index (χ2n) is 6.46. The van der Waals surface area contributed by atoms with Gasteiger partial charge in [-0.3, -0.25) is 4.90 Å². The number of nitrogens with zero attached hydrogens (tertiary/aromatic N) is 1. The molecule has 0 fully saturated rings. The van der Waals surface area contributed by atoms with Crippen molar-refractivity contribution in [2.75, 3.05) is 13.1 Å². The lowest BCUT2D eigenvalue weighted by Crippen LogP contribution is -2.27. The van der Waals surface area contributed by atoms with Gasteiger partial charge in [0.2, 0.25) is 0 Å². The zero-order valence-corrected chi connectivity index (χ0v) is 13.2. The van der Waals surface area contributed by atoms with Gasteiger partial charge in [0.25, 0.3) is 0 Å². The van der Waals surface area contributed by atoms with Gasteiger partial charge in [0.15, 0.2) is 0 Å². The maximum Gasteiger partial charge on any atom is 0.127 e. The molecule has 0 aromatic heterocycles. The van der Waals surface area contributed by atoms with E-state index in [4.69, 9.17) is 0 Å². The molecule has 1 aromatic rings. The van der Waals surface area contributed by atoms with Crippen LogP contribution in [0.1, 0.15) is 46.1 Å². The molecule has 2 nitrogen and oxygen atoms in total. The number of phenols is 1. The van der Waals surface area contributed by atoms with Crippen LogP contribution in [-0.2, 0) is 6.54 Å². The van der Waals surface area contributed by atoms with Crippen LogP contribution in [0, 0.1) is 17.7 Å². The molecular formula is C17H28FNO. The van der Waals surface area contributed by atoms with Gasteiger partial charge in [0.05, 0.1) is 0 Å². The maximum atomic E-state index is 13.3. The van der Waals surface area contributed by atoms with Crippen molar-refractivity contribution in [3.63, 3.8) is 0 Å². The van der Waals surface area contributed by atoms with Crippen LogP contribution in [-0.4, -0.2) is 23.1 Å². The van der Waals surface area contributed by atoms with Gasteiger partial charge in [-0.1, -0.05) is 27.7 Å². The largest absolute Gasteiger partial charge is 0.508 e. The fourth-order valence-electron chi connectivity index (χ4n) is 2.13. The van der Waals surface area contributed by atoms with Gasteiger partial charge in [-0.2, -0.15) is 0 Å². The summed E-state index contributed by atoms with van der Waals surface area (Å²) < 4.78 is 13.3. The molecule has 0 radical (unpaired) electrons. The average molecular weight is 281 g/mol. The minimum atomic E-state index is -0.368. The van der Waals surface area contributed by atoms with Gasteiger partial charge in [0.1, 0.15) is 11.6 Å². The van der Waals surface area contributed by atoms with Gasteiger partial charge in [-0.25, -0.2) is 4.39 Å². The van der Waals surface area contributed by atoms with E-state index in [0.717, 1.165) is 37.6 Å². The molecule has 0 atom stereocenters. The Labute approximate surface area is 122 Å². The lowest BCUT2D eigenvalue weighted by Gasteiger charge is -2.24. The number of phenolic OH excluding ortho intramolecular Hbond substituents is 1. The third-order valence-electron chi connectivity index (χ3n) is 3.39. The van der Waals surface area contributed by atoms with Crippen LogP contribution in [0.3, 0.4) is 0 Å². The highest BCUT2D eigenvalue weighted by Gasteiger charge is 2.10. The molecule has 0 heterocycles. The van der Waals surface area contributed by atoms with E-state index in [0.29, 0.717) is 18.4 Å². The smallest absolute Gasteiger partial charge is 0.127 e. The molecule has 1 rings (SSSR count). The maximum absolute atomic E-state index is 13.3. The molecule has 0 spiro atoms. The van der Waals surface area contributed by atoms with Crippen LogP contribution in [0.2, 0.25) is 0 Å². The number of aromatic hydroxyl groups is 1. The summed E-state index contributed by atoms with van der Waals surface area (Å²) in [5, 5.41) is 9.48. The van der Waals surface area contributed by atoms with E-state index in [2.05, 4.69) is 32.6 Å².